The lowest BCUT2D eigenvalue weighted by Gasteiger charge is -2.08. The van der Waals surface area contributed by atoms with Gasteiger partial charge in [0, 0.05) is 5.56 Å². The number of hydrogen-bond acceptors (Lipinski definition) is 5. The van der Waals surface area contributed by atoms with Gasteiger partial charge in [0.2, 0.25) is 0 Å². The number of nitrogens with zero attached hydrogens (tertiary/aromatic N) is 4. The number of oxime groups is 1. The van der Waals surface area contributed by atoms with Crippen LogP contribution in [0.15, 0.2) is 72.0 Å². The van der Waals surface area contributed by atoms with E-state index in [1.807, 2.05) is 49.4 Å². The largest absolute Gasteiger partial charge is 0.371 e. The van der Waals surface area contributed by atoms with Crippen LogP contribution in [0.3, 0.4) is 0 Å². The summed E-state index contributed by atoms with van der Waals surface area (Å²) in [6, 6.07) is 17.7. The number of rotatable bonds is 5. The molecule has 0 N–H and O–H groups in total. The maximum absolute atomic E-state index is 13.7. The number of aromatic nitrogens is 3. The van der Waals surface area contributed by atoms with E-state index >= 15 is 0 Å². The van der Waals surface area contributed by atoms with E-state index in [9.17, 15) is 13.6 Å². The summed E-state index contributed by atoms with van der Waals surface area (Å²) in [5.41, 5.74) is 2.81. The summed E-state index contributed by atoms with van der Waals surface area (Å²) >= 11 is 0. The number of aryl methyl sites for hydroxylation is 1. The molecule has 0 amide bonds. The number of carbonyl (C=O) groups excluding carboxylic acids is 1. The van der Waals surface area contributed by atoms with Crippen molar-refractivity contribution in [2.45, 2.75) is 20.3 Å². The van der Waals surface area contributed by atoms with Crippen molar-refractivity contribution in [1.29, 1.82) is 0 Å². The molecule has 0 radical (unpaired) electrons. The van der Waals surface area contributed by atoms with Crippen LogP contribution < -0.4 is 0 Å². The van der Waals surface area contributed by atoms with Crippen LogP contribution in [0.5, 0.6) is 0 Å². The highest BCUT2D eigenvalue weighted by Crippen LogP contribution is 2.27. The zero-order chi connectivity index (χ0) is 22.0. The zero-order valence-corrected chi connectivity index (χ0v) is 16.8. The van der Waals surface area contributed by atoms with Gasteiger partial charge in [0.1, 0.15) is 11.3 Å². The highest BCUT2D eigenvalue weighted by atomic mass is 19.3. The van der Waals surface area contributed by atoms with Gasteiger partial charge in [-0.25, -0.2) is 23.1 Å². The average molecular weight is 420 g/mol. The third kappa shape index (κ3) is 4.18. The van der Waals surface area contributed by atoms with Crippen molar-refractivity contribution in [3.05, 3.63) is 89.2 Å². The van der Waals surface area contributed by atoms with Crippen molar-refractivity contribution in [3.8, 4) is 11.3 Å². The van der Waals surface area contributed by atoms with Crippen LogP contribution in [0, 0.1) is 6.92 Å². The minimum atomic E-state index is -2.81. The van der Waals surface area contributed by atoms with Crippen LogP contribution in [0.1, 0.15) is 40.5 Å². The fourth-order valence-electron chi connectivity index (χ4n) is 3.05. The van der Waals surface area contributed by atoms with Gasteiger partial charge in [-0.15, -0.1) is 0 Å². The van der Waals surface area contributed by atoms with E-state index in [0.29, 0.717) is 17.0 Å². The molecule has 0 saturated carbocycles. The molecular formula is C23H18F2N4O2. The highest BCUT2D eigenvalue weighted by Gasteiger charge is 2.22. The monoisotopic (exact) mass is 420 g/mol. The van der Waals surface area contributed by atoms with E-state index in [0.717, 1.165) is 21.8 Å². The van der Waals surface area contributed by atoms with Gasteiger partial charge in [0.05, 0.1) is 17.6 Å². The van der Waals surface area contributed by atoms with Crippen LogP contribution in [-0.2, 0) is 4.84 Å². The first-order valence-electron chi connectivity index (χ1n) is 9.49. The molecule has 2 aromatic carbocycles. The Morgan fingerprint density at radius 1 is 1.10 bits per heavy atom. The van der Waals surface area contributed by atoms with Gasteiger partial charge in [-0.2, -0.15) is 5.10 Å². The summed E-state index contributed by atoms with van der Waals surface area (Å²) in [6.45, 7) is 3.62. The lowest BCUT2D eigenvalue weighted by Crippen LogP contribution is -2.07. The third-order valence-corrected chi connectivity index (χ3v) is 4.75. The minimum Gasteiger partial charge on any atom is -0.312 e. The predicted octanol–water partition coefficient (Wildman–Crippen LogP) is 5.22. The summed E-state index contributed by atoms with van der Waals surface area (Å²) in [7, 11) is 0. The lowest BCUT2D eigenvalue weighted by molar-refractivity contribution is 0.0518. The molecular weight excluding hydrogens is 402 g/mol. The van der Waals surface area contributed by atoms with Crippen molar-refractivity contribution < 1.29 is 18.4 Å². The van der Waals surface area contributed by atoms with Crippen molar-refractivity contribution >= 4 is 17.3 Å². The topological polar surface area (TPSA) is 68.8 Å². The van der Waals surface area contributed by atoms with Gasteiger partial charge in [-0.1, -0.05) is 65.3 Å². The first-order chi connectivity index (χ1) is 14.9. The van der Waals surface area contributed by atoms with Crippen LogP contribution in [-0.4, -0.2) is 26.3 Å². The Bertz CT molecular complexity index is 1270. The number of fused-ring (bicyclic) bond motifs is 1. The SMILES string of the molecule is C/C(=N\OC(=O)c1cnn2c(C(F)F)cc(-c3ccc(C)cc3)nc12)c1ccccc1. The molecule has 156 valence electrons. The molecule has 0 aliphatic carbocycles. The van der Waals surface area contributed by atoms with Gasteiger partial charge in [-0.05, 0) is 25.5 Å². The van der Waals surface area contributed by atoms with Crippen molar-refractivity contribution in [2.24, 2.45) is 5.16 Å². The molecule has 0 aliphatic heterocycles. The smallest absolute Gasteiger partial charge is 0.312 e. The van der Waals surface area contributed by atoms with Crippen LogP contribution in [0.25, 0.3) is 16.9 Å². The van der Waals surface area contributed by atoms with E-state index < -0.39 is 12.4 Å². The van der Waals surface area contributed by atoms with E-state index in [4.69, 9.17) is 4.84 Å². The maximum atomic E-state index is 13.7. The molecule has 4 aromatic rings. The number of carbonyl (C=O) groups is 1. The van der Waals surface area contributed by atoms with Gasteiger partial charge in [-0.3, -0.25) is 0 Å². The molecule has 0 spiro atoms. The van der Waals surface area contributed by atoms with E-state index in [1.54, 1.807) is 19.1 Å². The van der Waals surface area contributed by atoms with Crippen molar-refractivity contribution in [1.82, 2.24) is 14.6 Å². The minimum absolute atomic E-state index is 0.0223. The molecule has 0 saturated heterocycles. The Morgan fingerprint density at radius 3 is 2.48 bits per heavy atom. The molecule has 2 heterocycles. The molecule has 4 rings (SSSR count). The molecule has 6 nitrogen and oxygen atoms in total. The predicted molar refractivity (Wildman–Crippen MR) is 112 cm³/mol. The van der Waals surface area contributed by atoms with Crippen LogP contribution >= 0.6 is 0 Å². The second-order valence-electron chi connectivity index (χ2n) is 6.95. The summed E-state index contributed by atoms with van der Waals surface area (Å²) < 4.78 is 28.3. The molecule has 0 aliphatic rings. The van der Waals surface area contributed by atoms with Crippen molar-refractivity contribution in [3.63, 3.8) is 0 Å². The van der Waals surface area contributed by atoms with E-state index in [2.05, 4.69) is 15.2 Å². The van der Waals surface area contributed by atoms with Gasteiger partial charge in [0.25, 0.3) is 6.43 Å². The highest BCUT2D eigenvalue weighted by molar-refractivity contribution is 6.00. The third-order valence-electron chi connectivity index (χ3n) is 4.75. The summed E-state index contributed by atoms with van der Waals surface area (Å²) in [5, 5.41) is 7.78. The molecule has 0 fully saturated rings. The quantitative estimate of drug-likeness (QED) is 0.252. The number of hydrogen-bond donors (Lipinski definition) is 0. The average Bonchev–Trinajstić information content (AvgIpc) is 3.21. The Hall–Kier alpha value is -3.94. The second kappa shape index (κ2) is 8.43. The Kier molecular flexibility index (Phi) is 5.53. The molecule has 0 bridgehead atoms. The number of benzene rings is 2. The lowest BCUT2D eigenvalue weighted by atomic mass is 10.1. The normalized spacial score (nSPS) is 11.8. The van der Waals surface area contributed by atoms with E-state index in [1.165, 1.54) is 6.07 Å². The Balaban J connectivity index is 1.73. The molecule has 8 heteroatoms. The summed E-state index contributed by atoms with van der Waals surface area (Å²) in [5.74, 6) is -0.834. The maximum Gasteiger partial charge on any atom is 0.371 e. The zero-order valence-electron chi connectivity index (χ0n) is 16.8. The summed E-state index contributed by atoms with van der Waals surface area (Å²) in [4.78, 5) is 22.1. The fourth-order valence-corrected chi connectivity index (χ4v) is 3.05. The summed E-state index contributed by atoms with van der Waals surface area (Å²) in [6.07, 6.45) is -1.65. The van der Waals surface area contributed by atoms with Crippen molar-refractivity contribution in [2.75, 3.05) is 0 Å². The fraction of sp³-hybridized carbons (Fsp3) is 0.130. The number of alkyl halides is 2. The first kappa shape index (κ1) is 20.3. The van der Waals surface area contributed by atoms with Crippen LogP contribution in [0.4, 0.5) is 8.78 Å². The first-order valence-corrected chi connectivity index (χ1v) is 9.49. The van der Waals surface area contributed by atoms with Gasteiger partial charge >= 0.3 is 5.97 Å². The van der Waals surface area contributed by atoms with Gasteiger partial charge < -0.3 is 4.84 Å². The molecule has 0 unspecified atom stereocenters. The Labute approximate surface area is 176 Å². The van der Waals surface area contributed by atoms with Crippen LogP contribution in [0.2, 0.25) is 0 Å². The number of halogens is 2. The second-order valence-corrected chi connectivity index (χ2v) is 6.95. The van der Waals surface area contributed by atoms with E-state index in [-0.39, 0.29) is 16.9 Å². The standard InChI is InChI=1S/C23H18F2N4O2/c1-14-8-10-17(11-9-14)19-12-20(21(24)25)29-22(27-19)18(13-26-29)23(30)31-28-15(2)16-6-4-3-5-7-16/h3-13,21H,1-2H3/b28-15+. The van der Waals surface area contributed by atoms with Gasteiger partial charge in [0.15, 0.2) is 5.65 Å². The Morgan fingerprint density at radius 2 is 1.81 bits per heavy atom. The molecule has 31 heavy (non-hydrogen) atoms. The molecule has 0 atom stereocenters. The molecule has 2 aromatic heterocycles.